The predicted molar refractivity (Wildman–Crippen MR) is 114 cm³/mol. The lowest BCUT2D eigenvalue weighted by Crippen LogP contribution is -2.41. The zero-order valence-electron chi connectivity index (χ0n) is 17.5. The van der Waals surface area contributed by atoms with Crippen LogP contribution in [0, 0.1) is 0 Å². The molecule has 0 bridgehead atoms. The van der Waals surface area contributed by atoms with Crippen LogP contribution in [-0.2, 0) is 21.4 Å². The number of methoxy groups -OCH3 is 1. The van der Waals surface area contributed by atoms with Crippen molar-refractivity contribution in [3.63, 3.8) is 0 Å². The molecule has 0 aromatic heterocycles. The average Bonchev–Trinajstić information content (AvgIpc) is 2.65. The van der Waals surface area contributed by atoms with Crippen molar-refractivity contribution >= 4 is 21.6 Å². The summed E-state index contributed by atoms with van der Waals surface area (Å²) in [5, 5.41) is 0. The Kier molecular flexibility index (Phi) is 7.50. The van der Waals surface area contributed by atoms with Crippen LogP contribution in [0.5, 0.6) is 11.5 Å². The van der Waals surface area contributed by atoms with E-state index >= 15 is 0 Å². The summed E-state index contributed by atoms with van der Waals surface area (Å²) in [4.78, 5) is 14.2. The maximum absolute atomic E-state index is 12.7. The van der Waals surface area contributed by atoms with Crippen LogP contribution in [0.3, 0.4) is 0 Å². The molecule has 0 saturated carbocycles. The van der Waals surface area contributed by atoms with Crippen molar-refractivity contribution < 1.29 is 22.7 Å². The number of hydrogen-bond donors (Lipinski definition) is 0. The minimum Gasteiger partial charge on any atom is -0.496 e. The summed E-state index contributed by atoms with van der Waals surface area (Å²) in [6.07, 6.45) is 1.09. The molecule has 2 rings (SSSR count). The van der Waals surface area contributed by atoms with Crippen LogP contribution in [0.1, 0.15) is 19.4 Å². The smallest absolute Gasteiger partial charge is 0.243 e. The highest BCUT2D eigenvalue weighted by molar-refractivity contribution is 7.92. The van der Waals surface area contributed by atoms with Crippen LogP contribution in [-0.4, -0.2) is 52.3 Å². The minimum atomic E-state index is -3.65. The number of benzene rings is 2. The summed E-state index contributed by atoms with van der Waals surface area (Å²) in [6.45, 7) is 3.83. The second-order valence-electron chi connectivity index (χ2n) is 6.99. The van der Waals surface area contributed by atoms with E-state index in [0.717, 1.165) is 16.1 Å². The highest BCUT2D eigenvalue weighted by Gasteiger charge is 2.23. The van der Waals surface area contributed by atoms with Gasteiger partial charge in [-0.15, -0.1) is 0 Å². The topological polar surface area (TPSA) is 76.2 Å². The number of sulfonamides is 1. The zero-order chi connectivity index (χ0) is 21.6. The number of carbonyl (C=O) groups is 1. The molecule has 1 amide bonds. The van der Waals surface area contributed by atoms with Gasteiger partial charge in [-0.2, -0.15) is 0 Å². The zero-order valence-corrected chi connectivity index (χ0v) is 18.3. The van der Waals surface area contributed by atoms with Gasteiger partial charge in [0.05, 0.1) is 25.2 Å². The standard InChI is InChI=1S/C21H28N2O5S/c1-16(2)28-19-12-10-18(11-13-19)23(29(5,25)26)15-21(24)22(3)14-17-8-6-7-9-20(17)27-4/h6-13,16H,14-15H2,1-5H3. The summed E-state index contributed by atoms with van der Waals surface area (Å²) in [5.41, 5.74) is 1.24. The largest absolute Gasteiger partial charge is 0.496 e. The Morgan fingerprint density at radius 2 is 1.69 bits per heavy atom. The molecule has 0 fully saturated rings. The van der Waals surface area contributed by atoms with Gasteiger partial charge in [-0.05, 0) is 44.2 Å². The third-order valence-electron chi connectivity index (χ3n) is 4.20. The Labute approximate surface area is 172 Å². The van der Waals surface area contributed by atoms with Gasteiger partial charge in [0.1, 0.15) is 18.0 Å². The van der Waals surface area contributed by atoms with E-state index in [9.17, 15) is 13.2 Å². The molecule has 0 aliphatic carbocycles. The van der Waals surface area contributed by atoms with E-state index in [1.54, 1.807) is 38.4 Å². The second kappa shape index (κ2) is 9.65. The van der Waals surface area contributed by atoms with Gasteiger partial charge < -0.3 is 14.4 Å². The highest BCUT2D eigenvalue weighted by atomic mass is 32.2. The number of rotatable bonds is 9. The molecule has 0 atom stereocenters. The van der Waals surface area contributed by atoms with Gasteiger partial charge in [0.15, 0.2) is 0 Å². The van der Waals surface area contributed by atoms with Gasteiger partial charge in [-0.25, -0.2) is 8.42 Å². The average molecular weight is 421 g/mol. The quantitative estimate of drug-likeness (QED) is 0.623. The molecule has 0 N–H and O–H groups in total. The van der Waals surface area contributed by atoms with Crippen molar-refractivity contribution in [1.82, 2.24) is 4.90 Å². The van der Waals surface area contributed by atoms with Crippen LogP contribution < -0.4 is 13.8 Å². The molecule has 0 aliphatic rings. The van der Waals surface area contributed by atoms with Crippen molar-refractivity contribution in [2.24, 2.45) is 0 Å². The number of carbonyl (C=O) groups excluding carboxylic acids is 1. The lowest BCUT2D eigenvalue weighted by molar-refractivity contribution is -0.128. The molecule has 2 aromatic rings. The molecule has 29 heavy (non-hydrogen) atoms. The maximum Gasteiger partial charge on any atom is 0.243 e. The van der Waals surface area contributed by atoms with Crippen LogP contribution in [0.15, 0.2) is 48.5 Å². The van der Waals surface area contributed by atoms with Crippen molar-refractivity contribution in [3.8, 4) is 11.5 Å². The van der Waals surface area contributed by atoms with Crippen LogP contribution in [0.25, 0.3) is 0 Å². The van der Waals surface area contributed by atoms with Gasteiger partial charge in [0.2, 0.25) is 15.9 Å². The monoisotopic (exact) mass is 420 g/mol. The molecule has 0 saturated heterocycles. The number of nitrogens with zero attached hydrogens (tertiary/aromatic N) is 2. The van der Waals surface area contributed by atoms with Gasteiger partial charge in [-0.3, -0.25) is 9.10 Å². The summed E-state index contributed by atoms with van der Waals surface area (Å²) >= 11 is 0. The second-order valence-corrected chi connectivity index (χ2v) is 8.90. The Morgan fingerprint density at radius 1 is 1.07 bits per heavy atom. The fourth-order valence-corrected chi connectivity index (χ4v) is 3.63. The molecular weight excluding hydrogens is 392 g/mol. The molecule has 0 unspecified atom stereocenters. The summed E-state index contributed by atoms with van der Waals surface area (Å²) < 4.78 is 36.6. The number of anilines is 1. The van der Waals surface area contributed by atoms with Gasteiger partial charge in [0, 0.05) is 19.2 Å². The van der Waals surface area contributed by atoms with E-state index < -0.39 is 10.0 Å². The molecule has 8 heteroatoms. The first-order valence-corrected chi connectivity index (χ1v) is 11.1. The lowest BCUT2D eigenvalue weighted by atomic mass is 10.2. The van der Waals surface area contributed by atoms with Crippen molar-refractivity contribution in [3.05, 3.63) is 54.1 Å². The molecule has 0 heterocycles. The van der Waals surface area contributed by atoms with Crippen molar-refractivity contribution in [2.45, 2.75) is 26.5 Å². The minimum absolute atomic E-state index is 0.0112. The molecular formula is C21H28N2O5S. The van der Waals surface area contributed by atoms with Gasteiger partial charge >= 0.3 is 0 Å². The Hall–Kier alpha value is -2.74. The van der Waals surface area contributed by atoms with Crippen LogP contribution >= 0.6 is 0 Å². The number of hydrogen-bond acceptors (Lipinski definition) is 5. The Balaban J connectivity index is 2.16. The third kappa shape index (κ3) is 6.39. The van der Waals surface area contributed by atoms with E-state index in [1.165, 1.54) is 4.90 Å². The van der Waals surface area contributed by atoms with E-state index in [1.807, 2.05) is 38.1 Å². The summed E-state index contributed by atoms with van der Waals surface area (Å²) in [5.74, 6) is 0.980. The number of para-hydroxylation sites is 1. The number of likely N-dealkylation sites (N-methyl/N-ethyl adjacent to an activating group) is 1. The predicted octanol–water partition coefficient (Wildman–Crippen LogP) is 2.91. The maximum atomic E-state index is 12.7. The SMILES string of the molecule is COc1ccccc1CN(C)C(=O)CN(c1ccc(OC(C)C)cc1)S(C)(=O)=O. The number of ether oxygens (including phenoxy) is 2. The normalized spacial score (nSPS) is 11.2. The molecule has 0 radical (unpaired) electrons. The molecule has 7 nitrogen and oxygen atoms in total. The third-order valence-corrected chi connectivity index (χ3v) is 5.34. The fraction of sp³-hybridized carbons (Fsp3) is 0.381. The first kappa shape index (κ1) is 22.5. The van der Waals surface area contributed by atoms with E-state index in [4.69, 9.17) is 9.47 Å². The summed E-state index contributed by atoms with van der Waals surface area (Å²) in [6, 6.07) is 14.0. The first-order valence-electron chi connectivity index (χ1n) is 9.22. The first-order chi connectivity index (χ1) is 13.6. The van der Waals surface area contributed by atoms with Gasteiger partial charge in [0.25, 0.3) is 0 Å². The van der Waals surface area contributed by atoms with E-state index in [-0.39, 0.29) is 18.6 Å². The molecule has 2 aromatic carbocycles. The Bertz CT molecular complexity index is 926. The highest BCUT2D eigenvalue weighted by Crippen LogP contribution is 2.23. The molecule has 0 spiro atoms. The molecule has 158 valence electrons. The van der Waals surface area contributed by atoms with Crippen LogP contribution in [0.4, 0.5) is 5.69 Å². The van der Waals surface area contributed by atoms with Crippen molar-refractivity contribution in [2.75, 3.05) is 31.3 Å². The summed E-state index contributed by atoms with van der Waals surface area (Å²) in [7, 11) is -0.446. The van der Waals surface area contributed by atoms with Crippen molar-refractivity contribution in [1.29, 1.82) is 0 Å². The Morgan fingerprint density at radius 3 is 2.24 bits per heavy atom. The number of amides is 1. The molecule has 0 aliphatic heterocycles. The lowest BCUT2D eigenvalue weighted by Gasteiger charge is -2.26. The van der Waals surface area contributed by atoms with Gasteiger partial charge in [-0.1, -0.05) is 18.2 Å². The fourth-order valence-electron chi connectivity index (χ4n) is 2.78. The van der Waals surface area contributed by atoms with Crippen LogP contribution in [0.2, 0.25) is 0 Å². The van der Waals surface area contributed by atoms with E-state index in [2.05, 4.69) is 0 Å². The van der Waals surface area contributed by atoms with E-state index in [0.29, 0.717) is 23.7 Å².